The summed E-state index contributed by atoms with van der Waals surface area (Å²) in [4.78, 5) is 11.1. The van der Waals surface area contributed by atoms with Crippen LogP contribution in [-0.4, -0.2) is 6.03 Å². The lowest BCUT2D eigenvalue weighted by Gasteiger charge is -2.18. The molecule has 1 rings (SSSR count). The average molecular weight is 259 g/mol. The van der Waals surface area contributed by atoms with E-state index < -0.39 is 6.03 Å². The number of hydrogen-bond acceptors (Lipinski definition) is 3. The topological polar surface area (TPSA) is 84.4 Å². The minimum absolute atomic E-state index is 0.564. The van der Waals surface area contributed by atoms with Gasteiger partial charge in [-0.2, -0.15) is 0 Å². The zero-order chi connectivity index (χ0) is 10.7. The van der Waals surface area contributed by atoms with Crippen molar-refractivity contribution in [3.63, 3.8) is 0 Å². The first-order valence-electron chi connectivity index (χ1n) is 3.88. The van der Waals surface area contributed by atoms with Crippen molar-refractivity contribution in [3.8, 4) is 0 Å². The quantitative estimate of drug-likeness (QED) is 0.400. The summed E-state index contributed by atoms with van der Waals surface area (Å²) < 4.78 is 0.846. The standard InChI is InChI=1S/C8H11BrN4O/c1-5-2-3-6(9)4-7(5)13(11)8(14)12-10/h2-4H,10-11H2,1H3,(H,12,14). The fourth-order valence-electron chi connectivity index (χ4n) is 1.02. The van der Waals surface area contributed by atoms with Crippen LogP contribution in [0.4, 0.5) is 10.5 Å². The molecule has 0 aliphatic rings. The van der Waals surface area contributed by atoms with Crippen LogP contribution in [0.15, 0.2) is 22.7 Å². The molecule has 5 N–H and O–H groups in total. The number of hydrazine groups is 2. The van der Waals surface area contributed by atoms with Crippen LogP contribution < -0.4 is 22.1 Å². The highest BCUT2D eigenvalue weighted by molar-refractivity contribution is 9.10. The van der Waals surface area contributed by atoms with E-state index in [0.717, 1.165) is 15.0 Å². The molecule has 0 saturated heterocycles. The maximum Gasteiger partial charge on any atom is 0.350 e. The normalized spacial score (nSPS) is 9.71. The monoisotopic (exact) mass is 258 g/mol. The fraction of sp³-hybridized carbons (Fsp3) is 0.125. The molecule has 2 amide bonds. The van der Waals surface area contributed by atoms with Gasteiger partial charge in [0.25, 0.3) is 0 Å². The molecule has 0 aromatic heterocycles. The lowest BCUT2D eigenvalue weighted by Crippen LogP contribution is -2.47. The van der Waals surface area contributed by atoms with Gasteiger partial charge in [0.2, 0.25) is 0 Å². The molecule has 0 unspecified atom stereocenters. The number of urea groups is 1. The van der Waals surface area contributed by atoms with Crippen LogP contribution in [0.5, 0.6) is 0 Å². The van der Waals surface area contributed by atoms with Crippen LogP contribution in [0, 0.1) is 6.92 Å². The van der Waals surface area contributed by atoms with Crippen LogP contribution in [-0.2, 0) is 0 Å². The highest BCUT2D eigenvalue weighted by atomic mass is 79.9. The summed E-state index contributed by atoms with van der Waals surface area (Å²) in [6.07, 6.45) is 0. The molecule has 6 heteroatoms. The summed E-state index contributed by atoms with van der Waals surface area (Å²) in [5.41, 5.74) is 3.44. The maximum atomic E-state index is 11.1. The van der Waals surface area contributed by atoms with Gasteiger partial charge in [0.15, 0.2) is 0 Å². The Morgan fingerprint density at radius 1 is 1.57 bits per heavy atom. The number of aryl methyl sites for hydroxylation is 1. The zero-order valence-corrected chi connectivity index (χ0v) is 9.21. The highest BCUT2D eigenvalue weighted by Crippen LogP contribution is 2.22. The van der Waals surface area contributed by atoms with Crippen LogP contribution in [0.25, 0.3) is 0 Å². The summed E-state index contributed by atoms with van der Waals surface area (Å²) >= 11 is 3.29. The van der Waals surface area contributed by atoms with E-state index in [9.17, 15) is 4.79 Å². The number of carbonyl (C=O) groups excluding carboxylic acids is 1. The molecular formula is C8H11BrN4O. The molecule has 14 heavy (non-hydrogen) atoms. The summed E-state index contributed by atoms with van der Waals surface area (Å²) in [6.45, 7) is 1.85. The van der Waals surface area contributed by atoms with E-state index in [2.05, 4.69) is 15.9 Å². The number of nitrogens with zero attached hydrogens (tertiary/aromatic N) is 1. The molecule has 1 aromatic rings. The van der Waals surface area contributed by atoms with E-state index in [-0.39, 0.29) is 0 Å². The lowest BCUT2D eigenvalue weighted by atomic mass is 10.2. The largest absolute Gasteiger partial charge is 0.350 e. The lowest BCUT2D eigenvalue weighted by molar-refractivity contribution is 0.246. The molecule has 0 radical (unpaired) electrons. The van der Waals surface area contributed by atoms with E-state index in [1.807, 2.05) is 24.5 Å². The second-order valence-corrected chi connectivity index (χ2v) is 3.67. The number of rotatable bonds is 1. The predicted molar refractivity (Wildman–Crippen MR) is 58.3 cm³/mol. The molecule has 0 bridgehead atoms. The number of benzene rings is 1. The number of halogens is 1. The predicted octanol–water partition coefficient (Wildman–Crippen LogP) is 1.02. The average Bonchev–Trinajstić information content (AvgIpc) is 2.19. The maximum absolute atomic E-state index is 11.1. The van der Waals surface area contributed by atoms with Crippen LogP contribution in [0.1, 0.15) is 5.56 Å². The van der Waals surface area contributed by atoms with Gasteiger partial charge in [0.05, 0.1) is 5.69 Å². The van der Waals surface area contributed by atoms with Crippen molar-refractivity contribution < 1.29 is 4.79 Å². The van der Waals surface area contributed by atoms with Gasteiger partial charge in [-0.25, -0.2) is 21.5 Å². The number of nitrogens with one attached hydrogen (secondary N) is 1. The minimum atomic E-state index is -0.564. The first kappa shape index (κ1) is 11.0. The van der Waals surface area contributed by atoms with Gasteiger partial charge in [0, 0.05) is 4.47 Å². The van der Waals surface area contributed by atoms with Crippen molar-refractivity contribution >= 4 is 27.6 Å². The molecular weight excluding hydrogens is 248 g/mol. The summed E-state index contributed by atoms with van der Waals surface area (Å²) in [6, 6.07) is 4.90. The first-order valence-corrected chi connectivity index (χ1v) is 4.67. The zero-order valence-electron chi connectivity index (χ0n) is 7.62. The minimum Gasteiger partial charge on any atom is -0.274 e. The van der Waals surface area contributed by atoms with Crippen LogP contribution in [0.2, 0.25) is 0 Å². The van der Waals surface area contributed by atoms with Gasteiger partial charge < -0.3 is 0 Å². The Morgan fingerprint density at radius 2 is 2.21 bits per heavy atom. The Kier molecular flexibility index (Phi) is 3.45. The van der Waals surface area contributed by atoms with Gasteiger partial charge in [0.1, 0.15) is 0 Å². The van der Waals surface area contributed by atoms with Gasteiger partial charge in [-0.15, -0.1) is 0 Å². The number of nitrogens with two attached hydrogens (primary N) is 2. The molecule has 0 fully saturated rings. The molecule has 0 saturated carbocycles. The Bertz CT molecular complexity index is 355. The Labute approximate surface area is 90.1 Å². The molecule has 0 atom stereocenters. The van der Waals surface area contributed by atoms with Gasteiger partial charge in [-0.3, -0.25) is 5.43 Å². The summed E-state index contributed by atoms with van der Waals surface area (Å²) in [5, 5.41) is 0.958. The summed E-state index contributed by atoms with van der Waals surface area (Å²) in [7, 11) is 0. The second kappa shape index (κ2) is 4.41. The fourth-order valence-corrected chi connectivity index (χ4v) is 1.37. The Balaban J connectivity index is 3.05. The number of hydrogen-bond donors (Lipinski definition) is 3. The first-order chi connectivity index (χ1) is 6.56. The Hall–Kier alpha value is -1.11. The van der Waals surface area contributed by atoms with Gasteiger partial charge in [-0.1, -0.05) is 22.0 Å². The molecule has 1 aromatic carbocycles. The van der Waals surface area contributed by atoms with Crippen molar-refractivity contribution in [2.24, 2.45) is 11.7 Å². The SMILES string of the molecule is Cc1ccc(Br)cc1N(N)C(=O)NN. The molecule has 0 spiro atoms. The van der Waals surface area contributed by atoms with Crippen molar-refractivity contribution in [2.75, 3.05) is 5.01 Å². The second-order valence-electron chi connectivity index (χ2n) is 2.75. The van der Waals surface area contributed by atoms with E-state index >= 15 is 0 Å². The molecule has 76 valence electrons. The van der Waals surface area contributed by atoms with Crippen LogP contribution in [0.3, 0.4) is 0 Å². The molecule has 0 aliphatic carbocycles. The third kappa shape index (κ3) is 2.22. The van der Waals surface area contributed by atoms with Crippen molar-refractivity contribution in [1.82, 2.24) is 5.43 Å². The highest BCUT2D eigenvalue weighted by Gasteiger charge is 2.12. The number of carbonyl (C=O) groups is 1. The van der Waals surface area contributed by atoms with Crippen molar-refractivity contribution in [1.29, 1.82) is 0 Å². The third-order valence-corrected chi connectivity index (χ3v) is 2.27. The molecule has 0 aliphatic heterocycles. The van der Waals surface area contributed by atoms with E-state index in [1.54, 1.807) is 6.07 Å². The van der Waals surface area contributed by atoms with Gasteiger partial charge in [-0.05, 0) is 24.6 Å². The smallest absolute Gasteiger partial charge is 0.274 e. The Morgan fingerprint density at radius 3 is 2.79 bits per heavy atom. The summed E-state index contributed by atoms with van der Waals surface area (Å²) in [5.74, 6) is 10.5. The van der Waals surface area contributed by atoms with Crippen molar-refractivity contribution in [3.05, 3.63) is 28.2 Å². The van der Waals surface area contributed by atoms with Gasteiger partial charge >= 0.3 is 6.03 Å². The number of amides is 2. The van der Waals surface area contributed by atoms with E-state index in [0.29, 0.717) is 5.69 Å². The van der Waals surface area contributed by atoms with Crippen molar-refractivity contribution in [2.45, 2.75) is 6.92 Å². The van der Waals surface area contributed by atoms with E-state index in [4.69, 9.17) is 11.7 Å². The third-order valence-electron chi connectivity index (χ3n) is 1.77. The molecule has 0 heterocycles. The number of anilines is 1. The van der Waals surface area contributed by atoms with E-state index in [1.165, 1.54) is 0 Å². The molecule has 5 nitrogen and oxygen atoms in total. The van der Waals surface area contributed by atoms with Crippen LogP contribution >= 0.6 is 15.9 Å².